The van der Waals surface area contributed by atoms with E-state index in [4.69, 9.17) is 5.84 Å². The number of rotatable bonds is 10. The van der Waals surface area contributed by atoms with E-state index in [0.29, 0.717) is 29.2 Å². The minimum Gasteiger partial charge on any atom is -0.343 e. The predicted octanol–water partition coefficient (Wildman–Crippen LogP) is 2.18. The van der Waals surface area contributed by atoms with Crippen molar-refractivity contribution in [3.63, 3.8) is 0 Å². The number of nitrogens with one attached hydrogen (secondary N) is 1. The molecule has 0 spiro atoms. The Hall–Kier alpha value is -2.99. The van der Waals surface area contributed by atoms with Gasteiger partial charge in [-0.3, -0.25) is 9.59 Å². The van der Waals surface area contributed by atoms with E-state index < -0.39 is 0 Å². The zero-order valence-electron chi connectivity index (χ0n) is 18.2. The number of amides is 2. The number of nitrogens with two attached hydrogens (primary N) is 1. The first-order valence-electron chi connectivity index (χ1n) is 10.1. The Morgan fingerprint density at radius 1 is 1.06 bits per heavy atom. The van der Waals surface area contributed by atoms with Gasteiger partial charge >= 0.3 is 0 Å². The Morgan fingerprint density at radius 3 is 2.31 bits per heavy atom. The molecule has 1 aromatic carbocycles. The molecule has 0 aliphatic carbocycles. The molecule has 0 aliphatic heterocycles. The summed E-state index contributed by atoms with van der Waals surface area (Å²) >= 11 is 2.39. The molecular formula is C20H26N8O2S2. The van der Waals surface area contributed by atoms with Gasteiger partial charge in [-0.1, -0.05) is 41.7 Å². The molecule has 10 nitrogen and oxygen atoms in total. The molecule has 0 radical (unpaired) electrons. The Labute approximate surface area is 194 Å². The zero-order valence-corrected chi connectivity index (χ0v) is 19.8. The van der Waals surface area contributed by atoms with Crippen molar-refractivity contribution in [3.05, 3.63) is 42.1 Å². The summed E-state index contributed by atoms with van der Waals surface area (Å²) in [5.74, 6) is 6.75. The second-order valence-corrected chi connectivity index (χ2v) is 8.63. The highest BCUT2D eigenvalue weighted by Crippen LogP contribution is 2.22. The minimum absolute atomic E-state index is 0.0156. The van der Waals surface area contributed by atoms with Crippen molar-refractivity contribution in [3.8, 4) is 5.69 Å². The fourth-order valence-corrected chi connectivity index (χ4v) is 4.39. The first kappa shape index (κ1) is 23.7. The lowest BCUT2D eigenvalue weighted by Crippen LogP contribution is -2.32. The first-order valence-corrected chi connectivity index (χ1v) is 12.1. The van der Waals surface area contributed by atoms with Gasteiger partial charge in [-0.2, -0.15) is 5.10 Å². The summed E-state index contributed by atoms with van der Waals surface area (Å²) in [6, 6.07) is 11.4. The SMILES string of the molecule is CCN(CC)C(=O)CSc1nnc(SCC(=O)Nc2cc(C)nn2-c2ccccc2)n1N. The molecule has 0 atom stereocenters. The molecule has 3 N–H and O–H groups in total. The Balaban J connectivity index is 1.57. The van der Waals surface area contributed by atoms with Crippen LogP contribution < -0.4 is 11.2 Å². The topological polar surface area (TPSA) is 124 Å². The molecular weight excluding hydrogens is 448 g/mol. The Kier molecular flexibility index (Phi) is 8.17. The number of carbonyl (C=O) groups excluding carboxylic acids is 2. The standard InChI is InChI=1S/C20H26N8O2S2/c1-4-26(5-2)18(30)13-32-20-24-23-19(27(20)21)31-12-17(29)22-16-11-14(3)25-28(16)15-9-7-6-8-10-15/h6-11H,4-5,12-13,21H2,1-3H3,(H,22,29). The van der Waals surface area contributed by atoms with E-state index in [1.807, 2.05) is 57.2 Å². The van der Waals surface area contributed by atoms with Crippen molar-refractivity contribution >= 4 is 41.2 Å². The van der Waals surface area contributed by atoms with Gasteiger partial charge < -0.3 is 16.1 Å². The van der Waals surface area contributed by atoms with Crippen LogP contribution >= 0.6 is 23.5 Å². The van der Waals surface area contributed by atoms with Gasteiger partial charge in [0.25, 0.3) is 0 Å². The van der Waals surface area contributed by atoms with Crippen LogP contribution in [0.4, 0.5) is 5.82 Å². The van der Waals surface area contributed by atoms with Gasteiger partial charge in [0.1, 0.15) is 5.82 Å². The summed E-state index contributed by atoms with van der Waals surface area (Å²) in [5, 5.41) is 16.2. The highest BCUT2D eigenvalue weighted by atomic mass is 32.2. The summed E-state index contributed by atoms with van der Waals surface area (Å²) in [5.41, 5.74) is 1.64. The van der Waals surface area contributed by atoms with E-state index >= 15 is 0 Å². The molecule has 0 unspecified atom stereocenters. The number of aryl methyl sites for hydroxylation is 1. The van der Waals surface area contributed by atoms with Gasteiger partial charge in [-0.05, 0) is 32.9 Å². The van der Waals surface area contributed by atoms with E-state index in [2.05, 4.69) is 20.6 Å². The maximum Gasteiger partial charge on any atom is 0.236 e. The van der Waals surface area contributed by atoms with Crippen LogP contribution in [0, 0.1) is 6.92 Å². The van der Waals surface area contributed by atoms with Crippen LogP contribution in [0.2, 0.25) is 0 Å². The summed E-state index contributed by atoms with van der Waals surface area (Å²) in [6.45, 7) is 7.05. The van der Waals surface area contributed by atoms with Crippen LogP contribution in [-0.4, -0.2) is 66.0 Å². The number of nitrogens with zero attached hydrogens (tertiary/aromatic N) is 6. The molecule has 2 amide bonds. The molecule has 2 aromatic heterocycles. The average molecular weight is 475 g/mol. The van der Waals surface area contributed by atoms with Crippen LogP contribution in [-0.2, 0) is 9.59 Å². The summed E-state index contributed by atoms with van der Waals surface area (Å²) in [6.07, 6.45) is 0. The Bertz CT molecular complexity index is 1060. The lowest BCUT2D eigenvalue weighted by atomic mass is 10.3. The molecule has 0 bridgehead atoms. The molecule has 0 fully saturated rings. The lowest BCUT2D eigenvalue weighted by Gasteiger charge is -2.17. The highest BCUT2D eigenvalue weighted by Gasteiger charge is 2.17. The van der Waals surface area contributed by atoms with Crippen molar-refractivity contribution in [1.82, 2.24) is 29.6 Å². The van der Waals surface area contributed by atoms with Gasteiger partial charge in [-0.25, -0.2) is 9.36 Å². The van der Waals surface area contributed by atoms with Gasteiger partial charge in [0.05, 0.1) is 22.9 Å². The number of para-hydroxylation sites is 1. The zero-order chi connectivity index (χ0) is 23.1. The van der Waals surface area contributed by atoms with E-state index in [1.165, 1.54) is 28.2 Å². The maximum absolute atomic E-state index is 12.5. The fraction of sp³-hybridized carbons (Fsp3) is 0.350. The third-order valence-corrected chi connectivity index (χ3v) is 6.38. The molecule has 12 heteroatoms. The second kappa shape index (κ2) is 11.0. The van der Waals surface area contributed by atoms with Gasteiger partial charge in [0.2, 0.25) is 22.1 Å². The van der Waals surface area contributed by atoms with Gasteiger partial charge in [0.15, 0.2) is 0 Å². The first-order chi connectivity index (χ1) is 15.4. The minimum atomic E-state index is -0.221. The molecule has 2 heterocycles. The third kappa shape index (κ3) is 5.82. The average Bonchev–Trinajstić information content (AvgIpc) is 3.33. The van der Waals surface area contributed by atoms with Crippen LogP contribution in [0.3, 0.4) is 0 Å². The lowest BCUT2D eigenvalue weighted by molar-refractivity contribution is -0.128. The van der Waals surface area contributed by atoms with Crippen molar-refractivity contribution in [2.24, 2.45) is 0 Å². The molecule has 3 rings (SSSR count). The molecule has 32 heavy (non-hydrogen) atoms. The molecule has 0 aliphatic rings. The van der Waals surface area contributed by atoms with Crippen molar-refractivity contribution in [2.45, 2.75) is 31.1 Å². The molecule has 3 aromatic rings. The van der Waals surface area contributed by atoms with Crippen LogP contribution in [0.15, 0.2) is 46.7 Å². The van der Waals surface area contributed by atoms with Gasteiger partial charge in [-0.15, -0.1) is 10.2 Å². The van der Waals surface area contributed by atoms with Crippen molar-refractivity contribution in [1.29, 1.82) is 0 Å². The number of anilines is 1. The summed E-state index contributed by atoms with van der Waals surface area (Å²) in [7, 11) is 0. The number of thioether (sulfide) groups is 2. The van der Waals surface area contributed by atoms with Gasteiger partial charge in [0, 0.05) is 19.2 Å². The summed E-state index contributed by atoms with van der Waals surface area (Å²) < 4.78 is 2.99. The smallest absolute Gasteiger partial charge is 0.236 e. The van der Waals surface area contributed by atoms with E-state index in [0.717, 1.165) is 11.4 Å². The number of aromatic nitrogens is 5. The number of hydrogen-bond donors (Lipinski definition) is 2. The quantitative estimate of drug-likeness (QED) is 0.338. The summed E-state index contributed by atoms with van der Waals surface area (Å²) in [4.78, 5) is 26.4. The fourth-order valence-electron chi connectivity index (χ4n) is 2.92. The molecule has 0 saturated carbocycles. The predicted molar refractivity (Wildman–Crippen MR) is 126 cm³/mol. The number of benzene rings is 1. The largest absolute Gasteiger partial charge is 0.343 e. The van der Waals surface area contributed by atoms with E-state index in [9.17, 15) is 9.59 Å². The number of nitrogen functional groups attached to an aromatic ring is 1. The maximum atomic E-state index is 12.5. The number of carbonyl (C=O) groups is 2. The second-order valence-electron chi connectivity index (χ2n) is 6.75. The van der Waals surface area contributed by atoms with E-state index in [1.54, 1.807) is 9.58 Å². The van der Waals surface area contributed by atoms with E-state index in [-0.39, 0.29) is 23.3 Å². The van der Waals surface area contributed by atoms with Crippen LogP contribution in [0.1, 0.15) is 19.5 Å². The van der Waals surface area contributed by atoms with Crippen molar-refractivity contribution in [2.75, 3.05) is 35.8 Å². The normalized spacial score (nSPS) is 10.8. The molecule has 0 saturated heterocycles. The monoisotopic (exact) mass is 474 g/mol. The highest BCUT2D eigenvalue weighted by molar-refractivity contribution is 8.00. The van der Waals surface area contributed by atoms with Crippen LogP contribution in [0.5, 0.6) is 0 Å². The molecule has 170 valence electrons. The number of hydrogen-bond acceptors (Lipinski definition) is 8. The Morgan fingerprint density at radius 2 is 1.69 bits per heavy atom. The van der Waals surface area contributed by atoms with Crippen LogP contribution in [0.25, 0.3) is 5.69 Å². The van der Waals surface area contributed by atoms with Crippen molar-refractivity contribution < 1.29 is 9.59 Å². The third-order valence-electron chi connectivity index (χ3n) is 4.51.